The Morgan fingerprint density at radius 2 is 2.26 bits per heavy atom. The number of nitrogens with two attached hydrogens (primary N) is 1. The molecule has 104 valence electrons. The Labute approximate surface area is 113 Å². The fourth-order valence-corrected chi connectivity index (χ4v) is 2.94. The molecule has 1 atom stereocenters. The quantitative estimate of drug-likeness (QED) is 0.844. The third-order valence-corrected chi connectivity index (χ3v) is 4.19. The van der Waals surface area contributed by atoms with Gasteiger partial charge < -0.3 is 20.5 Å². The average Bonchev–Trinajstić information content (AvgIpc) is 3.02. The molecule has 0 bridgehead atoms. The summed E-state index contributed by atoms with van der Waals surface area (Å²) in [5, 5.41) is 3.03. The number of aryl methyl sites for hydroxylation is 1. The maximum atomic E-state index is 12.1. The molecule has 1 saturated heterocycles. The first kappa shape index (κ1) is 12.5. The molecule has 19 heavy (non-hydrogen) atoms. The fourth-order valence-electron chi connectivity index (χ4n) is 2.94. The van der Waals surface area contributed by atoms with E-state index in [2.05, 4.69) is 10.2 Å². The zero-order chi connectivity index (χ0) is 13.4. The van der Waals surface area contributed by atoms with Crippen LogP contribution in [-0.4, -0.2) is 41.1 Å². The van der Waals surface area contributed by atoms with Crippen LogP contribution in [0.3, 0.4) is 0 Å². The van der Waals surface area contributed by atoms with Crippen LogP contribution >= 0.6 is 0 Å². The van der Waals surface area contributed by atoms with Crippen molar-refractivity contribution in [3.8, 4) is 0 Å². The molecule has 1 aliphatic heterocycles. The van der Waals surface area contributed by atoms with Gasteiger partial charge in [0.1, 0.15) is 5.69 Å². The number of carbonyl (C=O) groups excluding carboxylic acids is 1. The summed E-state index contributed by atoms with van der Waals surface area (Å²) in [7, 11) is 1.84. The predicted molar refractivity (Wildman–Crippen MR) is 74.9 cm³/mol. The minimum absolute atomic E-state index is 0.0240. The molecular formula is C14H22N4O. The van der Waals surface area contributed by atoms with E-state index in [0.29, 0.717) is 17.3 Å². The third-order valence-electron chi connectivity index (χ3n) is 4.19. The molecule has 1 unspecified atom stereocenters. The Balaban J connectivity index is 1.49. The summed E-state index contributed by atoms with van der Waals surface area (Å²) in [4.78, 5) is 14.6. The number of amides is 1. The average molecular weight is 262 g/mol. The summed E-state index contributed by atoms with van der Waals surface area (Å²) >= 11 is 0. The van der Waals surface area contributed by atoms with Crippen LogP contribution in [-0.2, 0) is 7.05 Å². The molecule has 2 fully saturated rings. The Hall–Kier alpha value is -1.49. The highest BCUT2D eigenvalue weighted by atomic mass is 16.1. The molecular weight excluding hydrogens is 240 g/mol. The number of hydrogen-bond acceptors (Lipinski definition) is 3. The third kappa shape index (κ3) is 2.76. The monoisotopic (exact) mass is 262 g/mol. The molecule has 0 spiro atoms. The topological polar surface area (TPSA) is 63.3 Å². The molecule has 1 aromatic heterocycles. The van der Waals surface area contributed by atoms with E-state index >= 15 is 0 Å². The lowest BCUT2D eigenvalue weighted by Crippen LogP contribution is -2.32. The van der Waals surface area contributed by atoms with Crippen molar-refractivity contribution >= 4 is 11.6 Å². The lowest BCUT2D eigenvalue weighted by atomic mass is 10.1. The van der Waals surface area contributed by atoms with Crippen LogP contribution in [0.25, 0.3) is 0 Å². The van der Waals surface area contributed by atoms with Gasteiger partial charge in [-0.05, 0) is 37.8 Å². The number of anilines is 1. The molecule has 0 aromatic carbocycles. The van der Waals surface area contributed by atoms with Crippen LogP contribution < -0.4 is 11.1 Å². The van der Waals surface area contributed by atoms with Crippen molar-refractivity contribution in [3.63, 3.8) is 0 Å². The second-order valence-corrected chi connectivity index (χ2v) is 5.86. The van der Waals surface area contributed by atoms with Crippen molar-refractivity contribution in [1.29, 1.82) is 0 Å². The number of carbonyl (C=O) groups is 1. The van der Waals surface area contributed by atoms with Crippen LogP contribution in [0.15, 0.2) is 12.3 Å². The lowest BCUT2D eigenvalue weighted by molar-refractivity contribution is 0.0939. The van der Waals surface area contributed by atoms with E-state index in [4.69, 9.17) is 5.73 Å². The van der Waals surface area contributed by atoms with Gasteiger partial charge in [-0.25, -0.2) is 0 Å². The standard InChI is InChI=1S/C14H22N4O/c1-17-9-11(15)6-13(17)14(19)16-7-10-4-5-18(8-10)12-2-3-12/h6,9-10,12H,2-5,7-8,15H2,1H3,(H,16,19). The molecule has 1 aromatic rings. The summed E-state index contributed by atoms with van der Waals surface area (Å²) in [5.74, 6) is 0.575. The van der Waals surface area contributed by atoms with E-state index in [-0.39, 0.29) is 5.91 Å². The molecule has 0 radical (unpaired) electrons. The first-order chi connectivity index (χ1) is 9.13. The van der Waals surface area contributed by atoms with Crippen molar-refractivity contribution in [2.75, 3.05) is 25.4 Å². The number of likely N-dealkylation sites (tertiary alicyclic amines) is 1. The van der Waals surface area contributed by atoms with Crippen molar-refractivity contribution in [1.82, 2.24) is 14.8 Å². The first-order valence-electron chi connectivity index (χ1n) is 7.07. The van der Waals surface area contributed by atoms with Crippen molar-refractivity contribution in [2.45, 2.75) is 25.3 Å². The molecule has 3 N–H and O–H groups in total. The van der Waals surface area contributed by atoms with Gasteiger partial charge in [-0.15, -0.1) is 0 Å². The molecule has 3 rings (SSSR count). The number of hydrogen-bond donors (Lipinski definition) is 2. The second kappa shape index (κ2) is 4.89. The maximum Gasteiger partial charge on any atom is 0.267 e. The normalized spacial score (nSPS) is 23.7. The van der Waals surface area contributed by atoms with Gasteiger partial charge in [0.2, 0.25) is 0 Å². The van der Waals surface area contributed by atoms with E-state index in [9.17, 15) is 4.79 Å². The van der Waals surface area contributed by atoms with Gasteiger partial charge in [-0.2, -0.15) is 0 Å². The van der Waals surface area contributed by atoms with Crippen molar-refractivity contribution in [3.05, 3.63) is 18.0 Å². The largest absolute Gasteiger partial charge is 0.397 e. The van der Waals surface area contributed by atoms with Gasteiger partial charge in [0.25, 0.3) is 5.91 Å². The zero-order valence-corrected chi connectivity index (χ0v) is 11.4. The number of rotatable bonds is 4. The number of nitrogen functional groups attached to an aromatic ring is 1. The number of nitrogens with zero attached hydrogens (tertiary/aromatic N) is 2. The van der Waals surface area contributed by atoms with Crippen LogP contribution in [0.2, 0.25) is 0 Å². The number of aromatic nitrogens is 1. The maximum absolute atomic E-state index is 12.1. The van der Waals surface area contributed by atoms with Crippen molar-refractivity contribution < 1.29 is 4.79 Å². The Morgan fingerprint density at radius 1 is 1.47 bits per heavy atom. The Kier molecular flexibility index (Phi) is 3.22. The summed E-state index contributed by atoms with van der Waals surface area (Å²) in [6.07, 6.45) is 5.69. The summed E-state index contributed by atoms with van der Waals surface area (Å²) in [5.41, 5.74) is 6.95. The van der Waals surface area contributed by atoms with Crippen LogP contribution in [0.5, 0.6) is 0 Å². The predicted octanol–water partition coefficient (Wildman–Crippen LogP) is 0.821. The molecule has 1 aliphatic carbocycles. The molecule has 2 aliphatic rings. The smallest absolute Gasteiger partial charge is 0.267 e. The SMILES string of the molecule is Cn1cc(N)cc1C(=O)NCC1CCN(C2CC2)C1. The van der Waals surface area contributed by atoms with Crippen LogP contribution in [0.1, 0.15) is 29.8 Å². The second-order valence-electron chi connectivity index (χ2n) is 5.86. The van der Waals surface area contributed by atoms with Gasteiger partial charge >= 0.3 is 0 Å². The van der Waals surface area contributed by atoms with Crippen LogP contribution in [0, 0.1) is 5.92 Å². The fraction of sp³-hybridized carbons (Fsp3) is 0.643. The van der Waals surface area contributed by atoms with E-state index < -0.39 is 0 Å². The molecule has 1 saturated carbocycles. The van der Waals surface area contributed by atoms with Gasteiger partial charge in [-0.1, -0.05) is 0 Å². The summed E-state index contributed by atoms with van der Waals surface area (Å²) in [6, 6.07) is 2.56. The van der Waals surface area contributed by atoms with Crippen molar-refractivity contribution in [2.24, 2.45) is 13.0 Å². The van der Waals surface area contributed by atoms with Crippen LogP contribution in [0.4, 0.5) is 5.69 Å². The molecule has 1 amide bonds. The van der Waals surface area contributed by atoms with E-state index in [1.54, 1.807) is 16.8 Å². The van der Waals surface area contributed by atoms with Gasteiger partial charge in [-0.3, -0.25) is 4.79 Å². The number of nitrogens with one attached hydrogen (secondary N) is 1. The summed E-state index contributed by atoms with van der Waals surface area (Å²) in [6.45, 7) is 3.11. The highest BCUT2D eigenvalue weighted by molar-refractivity contribution is 5.93. The Bertz CT molecular complexity index is 478. The zero-order valence-electron chi connectivity index (χ0n) is 11.4. The first-order valence-corrected chi connectivity index (χ1v) is 7.07. The molecule has 5 heteroatoms. The van der Waals surface area contributed by atoms with E-state index in [0.717, 1.165) is 19.1 Å². The minimum Gasteiger partial charge on any atom is -0.397 e. The van der Waals surface area contributed by atoms with Gasteiger partial charge in [0.15, 0.2) is 0 Å². The van der Waals surface area contributed by atoms with E-state index in [1.165, 1.54) is 25.8 Å². The lowest BCUT2D eigenvalue weighted by Gasteiger charge is -2.15. The molecule has 2 heterocycles. The highest BCUT2D eigenvalue weighted by Gasteiger charge is 2.34. The molecule has 5 nitrogen and oxygen atoms in total. The minimum atomic E-state index is -0.0240. The van der Waals surface area contributed by atoms with Gasteiger partial charge in [0.05, 0.1) is 5.69 Å². The van der Waals surface area contributed by atoms with E-state index in [1.807, 2.05) is 7.05 Å². The van der Waals surface area contributed by atoms with Gasteiger partial charge in [0, 0.05) is 32.4 Å². The highest BCUT2D eigenvalue weighted by Crippen LogP contribution is 2.31. The summed E-state index contributed by atoms with van der Waals surface area (Å²) < 4.78 is 1.77. The Morgan fingerprint density at radius 3 is 2.89 bits per heavy atom.